The molecule has 0 aliphatic carbocycles. The molecule has 4 rings (SSSR count). The third-order valence-corrected chi connectivity index (χ3v) is 7.70. The van der Waals surface area contributed by atoms with E-state index in [2.05, 4.69) is 0 Å². The Morgan fingerprint density at radius 2 is 2.15 bits per heavy atom. The van der Waals surface area contributed by atoms with Crippen molar-refractivity contribution in [3.05, 3.63) is 23.1 Å². The molecule has 4 heterocycles. The fourth-order valence-corrected chi connectivity index (χ4v) is 6.82. The number of aliphatic hydroxyl groups excluding tert-OH is 1. The molecule has 144 valence electrons. The lowest BCUT2D eigenvalue weighted by Gasteiger charge is -2.47. The first-order valence-corrected chi connectivity index (χ1v) is 10.8. The van der Waals surface area contributed by atoms with Crippen molar-refractivity contribution in [2.45, 2.75) is 31.0 Å². The Morgan fingerprint density at radius 1 is 1.48 bits per heavy atom. The van der Waals surface area contributed by atoms with Crippen molar-refractivity contribution in [3.8, 4) is 0 Å². The highest BCUT2D eigenvalue weighted by atomic mass is 32.2. The molecule has 0 radical (unpaired) electrons. The number of fused-ring (bicyclic) bond motifs is 2. The van der Waals surface area contributed by atoms with Crippen molar-refractivity contribution in [2.24, 2.45) is 18.9 Å². The number of thiazole rings is 1. The number of aryl methyl sites for hydroxylation is 1. The van der Waals surface area contributed by atoms with Crippen LogP contribution in [-0.4, -0.2) is 49.1 Å². The fraction of sp³-hybridized carbons (Fsp3) is 0.471. The largest absolute Gasteiger partial charge is 0.543 e. The summed E-state index contributed by atoms with van der Waals surface area (Å²) in [6, 6.07) is -0.391. The van der Waals surface area contributed by atoms with E-state index in [1.54, 1.807) is 37.3 Å². The molecule has 0 bridgehead atoms. The maximum Gasteiger partial charge on any atom is 0.250 e. The molecule has 10 heteroatoms. The first-order chi connectivity index (χ1) is 12.6. The van der Waals surface area contributed by atoms with Gasteiger partial charge in [0.25, 0.3) is 0 Å². The molecule has 8 nitrogen and oxygen atoms in total. The number of rotatable bonds is 4. The molecule has 0 spiro atoms. The predicted octanol–water partition coefficient (Wildman–Crippen LogP) is -1.12. The van der Waals surface area contributed by atoms with Crippen LogP contribution in [0.1, 0.15) is 18.7 Å². The summed E-state index contributed by atoms with van der Waals surface area (Å²) in [6.45, 7) is 3.40. The summed E-state index contributed by atoms with van der Waals surface area (Å²) in [5, 5.41) is 22.4. The first-order valence-electron chi connectivity index (χ1n) is 8.45. The monoisotopic (exact) mass is 409 g/mol. The number of imidazole rings is 1. The number of carboxylic acid groups (broad SMARTS) is 1. The van der Waals surface area contributed by atoms with Crippen molar-refractivity contribution < 1.29 is 28.4 Å². The molecule has 2 aromatic heterocycles. The highest BCUT2D eigenvalue weighted by Gasteiger charge is 2.59. The molecule has 27 heavy (non-hydrogen) atoms. The fourth-order valence-electron chi connectivity index (χ4n) is 4.33. The minimum atomic E-state index is -1.40. The first kappa shape index (κ1) is 18.3. The number of hydrogen-bond donors (Lipinski definition) is 1. The van der Waals surface area contributed by atoms with E-state index in [-0.39, 0.29) is 17.5 Å². The molecule has 2 aliphatic rings. The number of amides is 1. The number of carbonyl (C=O) groups is 2. The summed E-state index contributed by atoms with van der Waals surface area (Å²) < 4.78 is 15.7. The number of hydrogen-bond acceptors (Lipinski definition) is 6. The van der Waals surface area contributed by atoms with E-state index in [4.69, 9.17) is 0 Å². The molecule has 1 N–H and O–H groups in total. The number of carboxylic acids is 1. The Labute approximate surface area is 161 Å². The number of aromatic nitrogens is 2. The van der Waals surface area contributed by atoms with Gasteiger partial charge in [-0.3, -0.25) is 9.00 Å². The van der Waals surface area contributed by atoms with E-state index < -0.39 is 34.8 Å². The van der Waals surface area contributed by atoms with Crippen molar-refractivity contribution in [2.75, 3.05) is 6.26 Å². The van der Waals surface area contributed by atoms with Gasteiger partial charge in [-0.2, -0.15) is 4.40 Å². The van der Waals surface area contributed by atoms with Gasteiger partial charge in [-0.1, -0.05) is 18.3 Å². The zero-order valence-corrected chi connectivity index (χ0v) is 16.8. The smallest absolute Gasteiger partial charge is 0.250 e. The van der Waals surface area contributed by atoms with Crippen molar-refractivity contribution in [3.63, 3.8) is 0 Å². The zero-order valence-electron chi connectivity index (χ0n) is 15.2. The van der Waals surface area contributed by atoms with E-state index >= 15 is 0 Å². The van der Waals surface area contributed by atoms with Crippen LogP contribution in [0.4, 0.5) is 0 Å². The lowest BCUT2D eigenvalue weighted by Crippen LogP contribution is -2.64. The Kier molecular flexibility index (Phi) is 4.06. The second-order valence-corrected chi connectivity index (χ2v) is 9.42. The van der Waals surface area contributed by atoms with Gasteiger partial charge in [0.15, 0.2) is 0 Å². The standard InChI is InChI=1S/C17H19N3O5S2/c1-7-10(9-5-19-6-18(3)16(27(4)25)15(19)26-9)13(17(23)24)20-12(7)11(8(2)21)14(20)22/h5-8,11-12,21H,1-4H3/t7-,8+,11+,12+,27?/m0/s1. The Balaban J connectivity index is 1.88. The van der Waals surface area contributed by atoms with Crippen molar-refractivity contribution >= 4 is 44.4 Å². The number of carbonyl (C=O) groups excluding carboxylic acids is 2. The van der Waals surface area contributed by atoms with E-state index in [0.29, 0.717) is 15.5 Å². The second kappa shape index (κ2) is 5.98. The molecule has 1 fully saturated rings. The van der Waals surface area contributed by atoms with Crippen molar-refractivity contribution in [1.82, 2.24) is 9.47 Å². The van der Waals surface area contributed by atoms with E-state index in [1.165, 1.54) is 16.2 Å². The summed E-state index contributed by atoms with van der Waals surface area (Å²) in [7, 11) is 0.596. The van der Waals surface area contributed by atoms with Gasteiger partial charge in [0.2, 0.25) is 22.1 Å². The number of nitrogens with zero attached hydrogens (tertiary/aromatic N) is 3. The minimum Gasteiger partial charge on any atom is -0.543 e. The molecule has 0 aromatic carbocycles. The van der Waals surface area contributed by atoms with Gasteiger partial charge < -0.3 is 19.9 Å². The molecular formula is C17H19N3O5S2. The summed E-state index contributed by atoms with van der Waals surface area (Å²) in [4.78, 5) is 27.0. The topological polar surface area (TPSA) is 107 Å². The molecule has 5 atom stereocenters. The minimum absolute atomic E-state index is 0.123. The number of β-lactam (4-membered cyclic amide) rings is 1. The normalized spacial score (nSPS) is 27.1. The van der Waals surface area contributed by atoms with Gasteiger partial charge in [-0.15, -0.1) is 0 Å². The second-order valence-electron chi connectivity index (χ2n) is 7.10. The average molecular weight is 409 g/mol. The number of aliphatic hydroxyl groups is 1. The van der Waals surface area contributed by atoms with Crippen LogP contribution >= 0.6 is 11.3 Å². The lowest BCUT2D eigenvalue weighted by molar-refractivity contribution is -0.508. The van der Waals surface area contributed by atoms with Gasteiger partial charge in [0.1, 0.15) is 6.20 Å². The van der Waals surface area contributed by atoms with E-state index in [1.807, 2.05) is 11.3 Å². The van der Waals surface area contributed by atoms with Crippen LogP contribution in [-0.2, 0) is 27.4 Å². The molecule has 1 saturated heterocycles. The average Bonchev–Trinajstić information content (AvgIpc) is 3.13. The van der Waals surface area contributed by atoms with Crippen LogP contribution in [0, 0.1) is 11.8 Å². The highest BCUT2D eigenvalue weighted by Crippen LogP contribution is 2.51. The van der Waals surface area contributed by atoms with Crippen molar-refractivity contribution in [1.29, 1.82) is 0 Å². The quantitative estimate of drug-likeness (QED) is 0.509. The van der Waals surface area contributed by atoms with Crippen LogP contribution in [0.15, 0.2) is 23.2 Å². The predicted molar refractivity (Wildman–Crippen MR) is 95.7 cm³/mol. The van der Waals surface area contributed by atoms with Crippen LogP contribution in [0.25, 0.3) is 10.4 Å². The SMILES string of the molecule is C[C@@H](O)[C@H]1C(=O)N2C(C(=O)[O-])=C(c3c[n+]4cn(C)c(S(C)=O)c4s3)[C@H](C)[C@H]12. The lowest BCUT2D eigenvalue weighted by atomic mass is 9.77. The van der Waals surface area contributed by atoms with Gasteiger partial charge >= 0.3 is 0 Å². The van der Waals surface area contributed by atoms with Crippen LogP contribution in [0.2, 0.25) is 0 Å². The molecule has 1 unspecified atom stereocenters. The zero-order chi connectivity index (χ0) is 19.8. The molecule has 0 saturated carbocycles. The number of aliphatic carboxylic acids is 1. The van der Waals surface area contributed by atoms with E-state index in [0.717, 1.165) is 4.83 Å². The third kappa shape index (κ3) is 2.36. The molecule has 1 amide bonds. The summed E-state index contributed by atoms with van der Waals surface area (Å²) in [5.41, 5.74) is 0.406. The van der Waals surface area contributed by atoms with Crippen LogP contribution in [0.3, 0.4) is 0 Å². The molecular weight excluding hydrogens is 390 g/mol. The van der Waals surface area contributed by atoms with Gasteiger partial charge in [-0.25, -0.2) is 4.57 Å². The Morgan fingerprint density at radius 3 is 2.70 bits per heavy atom. The van der Waals surface area contributed by atoms with Crippen LogP contribution < -0.4 is 9.51 Å². The van der Waals surface area contributed by atoms with Gasteiger partial charge in [0, 0.05) is 17.7 Å². The summed E-state index contributed by atoms with van der Waals surface area (Å²) in [5.74, 6) is -2.67. The summed E-state index contributed by atoms with van der Waals surface area (Å²) >= 11 is 1.34. The Hall–Kier alpha value is -2.04. The maximum absolute atomic E-state index is 12.4. The van der Waals surface area contributed by atoms with Gasteiger partial charge in [0.05, 0.1) is 52.5 Å². The maximum atomic E-state index is 12.4. The third-order valence-electron chi connectivity index (χ3n) is 5.40. The Bertz CT molecular complexity index is 1050. The van der Waals surface area contributed by atoms with Crippen LogP contribution in [0.5, 0.6) is 0 Å². The highest BCUT2D eigenvalue weighted by molar-refractivity contribution is 7.84. The van der Waals surface area contributed by atoms with Gasteiger partial charge in [-0.05, 0) is 6.92 Å². The summed E-state index contributed by atoms with van der Waals surface area (Å²) in [6.07, 6.45) is 4.31. The molecule has 2 aliphatic heterocycles. The van der Waals surface area contributed by atoms with E-state index in [9.17, 15) is 24.0 Å². The molecule has 2 aromatic rings.